The lowest BCUT2D eigenvalue weighted by Gasteiger charge is -2.07. The van der Waals surface area contributed by atoms with E-state index in [1.807, 2.05) is 0 Å². The lowest BCUT2D eigenvalue weighted by molar-refractivity contribution is -0.167. The molecule has 0 aliphatic carbocycles. The van der Waals surface area contributed by atoms with Gasteiger partial charge in [0.1, 0.15) is 13.7 Å². The number of nitrogens with one attached hydrogen (secondary N) is 1. The van der Waals surface area contributed by atoms with E-state index >= 15 is 0 Å². The maximum atomic E-state index is 11.8. The fourth-order valence-corrected chi connectivity index (χ4v) is 0.708. The van der Waals surface area contributed by atoms with Crippen molar-refractivity contribution in [3.05, 3.63) is 18.2 Å². The Morgan fingerprint density at radius 2 is 2.07 bits per heavy atom. The normalized spacial score (nSPS) is 11.1. The van der Waals surface area contributed by atoms with Crippen molar-refractivity contribution in [2.45, 2.75) is 6.18 Å². The Morgan fingerprint density at radius 1 is 1.43 bits per heavy atom. The van der Waals surface area contributed by atoms with Crippen LogP contribution in [0.3, 0.4) is 0 Å². The second-order valence-electron chi connectivity index (χ2n) is 2.40. The number of carbonyl (C=O) groups is 1. The van der Waals surface area contributed by atoms with Crippen LogP contribution in [0.2, 0.25) is 0 Å². The third kappa shape index (κ3) is 2.76. The van der Waals surface area contributed by atoms with E-state index in [0.29, 0.717) is 0 Å². The van der Waals surface area contributed by atoms with Gasteiger partial charge >= 0.3 is 12.1 Å². The number of aromatic nitrogens is 1. The molecule has 0 aliphatic heterocycles. The quantitative estimate of drug-likeness (QED) is 0.665. The number of hydrogen-bond donors (Lipinski definition) is 1. The molecule has 0 aliphatic rings. The highest BCUT2D eigenvalue weighted by Gasteiger charge is 2.38. The summed E-state index contributed by atoms with van der Waals surface area (Å²) in [6, 6.07) is 3.98. The standard InChI is InChI=1S/C7H4BF3N2O/c8-4-2-1-3-5(12-4)13-6(14)7(9,10)11/h1-3H,(H,12,13,14). The molecule has 3 nitrogen and oxygen atoms in total. The van der Waals surface area contributed by atoms with E-state index < -0.39 is 12.1 Å². The van der Waals surface area contributed by atoms with E-state index in [9.17, 15) is 18.0 Å². The molecule has 0 saturated heterocycles. The summed E-state index contributed by atoms with van der Waals surface area (Å²) in [6.07, 6.45) is -4.92. The second kappa shape index (κ2) is 3.69. The van der Waals surface area contributed by atoms with Gasteiger partial charge in [-0.2, -0.15) is 13.2 Å². The van der Waals surface area contributed by atoms with Crippen LogP contribution in [0, 0.1) is 0 Å². The summed E-state index contributed by atoms with van der Waals surface area (Å²) in [6.45, 7) is 0. The maximum absolute atomic E-state index is 11.8. The van der Waals surface area contributed by atoms with Gasteiger partial charge in [-0.05, 0) is 11.7 Å². The molecule has 1 aromatic rings. The first-order valence-electron chi connectivity index (χ1n) is 3.50. The van der Waals surface area contributed by atoms with Crippen LogP contribution >= 0.6 is 0 Å². The van der Waals surface area contributed by atoms with E-state index in [1.54, 1.807) is 5.32 Å². The van der Waals surface area contributed by atoms with Gasteiger partial charge in [-0.15, -0.1) is 0 Å². The first-order chi connectivity index (χ1) is 6.39. The molecular formula is C7H4BF3N2O. The van der Waals surface area contributed by atoms with Gasteiger partial charge in [-0.25, -0.2) is 4.98 Å². The zero-order chi connectivity index (χ0) is 10.8. The third-order valence-electron chi connectivity index (χ3n) is 1.27. The lowest BCUT2D eigenvalue weighted by atomic mass is 10.0. The maximum Gasteiger partial charge on any atom is 0.471 e. The molecule has 1 N–H and O–H groups in total. The largest absolute Gasteiger partial charge is 0.471 e. The molecule has 0 aromatic carbocycles. The number of carbonyl (C=O) groups excluding carboxylic acids is 1. The van der Waals surface area contributed by atoms with Crippen LogP contribution in [0.4, 0.5) is 19.0 Å². The fourth-order valence-electron chi connectivity index (χ4n) is 0.708. The monoisotopic (exact) mass is 200 g/mol. The Bertz CT molecular complexity index is 353. The molecule has 0 bridgehead atoms. The predicted octanol–water partition coefficient (Wildman–Crippen LogP) is 0.376. The minimum Gasteiger partial charge on any atom is -0.303 e. The summed E-state index contributed by atoms with van der Waals surface area (Å²) in [5.74, 6) is -2.30. The van der Waals surface area contributed by atoms with Crippen molar-refractivity contribution in [2.24, 2.45) is 0 Å². The van der Waals surface area contributed by atoms with Gasteiger partial charge in [-0.1, -0.05) is 12.1 Å². The molecule has 7 heteroatoms. The Hall–Kier alpha value is -1.53. The van der Waals surface area contributed by atoms with Crippen molar-refractivity contribution in [1.29, 1.82) is 0 Å². The van der Waals surface area contributed by atoms with E-state index in [1.165, 1.54) is 18.2 Å². The Labute approximate surface area is 78.7 Å². The molecule has 0 saturated carbocycles. The molecule has 0 atom stereocenters. The highest BCUT2D eigenvalue weighted by Crippen LogP contribution is 2.16. The molecule has 1 rings (SSSR count). The minimum absolute atomic E-state index is 0.0324. The van der Waals surface area contributed by atoms with Crippen molar-refractivity contribution < 1.29 is 18.0 Å². The first-order valence-corrected chi connectivity index (χ1v) is 3.50. The summed E-state index contributed by atoms with van der Waals surface area (Å²) in [5, 5.41) is 1.57. The van der Waals surface area contributed by atoms with Crippen molar-refractivity contribution in [3.63, 3.8) is 0 Å². The molecule has 1 heterocycles. The zero-order valence-electron chi connectivity index (χ0n) is 6.80. The van der Waals surface area contributed by atoms with Crippen LogP contribution < -0.4 is 10.9 Å². The van der Waals surface area contributed by atoms with Gasteiger partial charge in [0.25, 0.3) is 0 Å². The second-order valence-corrected chi connectivity index (χ2v) is 2.40. The molecule has 0 spiro atoms. The summed E-state index contributed by atoms with van der Waals surface area (Å²) in [7, 11) is 5.20. The van der Waals surface area contributed by atoms with Crippen molar-refractivity contribution in [1.82, 2.24) is 4.98 Å². The number of pyridine rings is 1. The van der Waals surface area contributed by atoms with Crippen molar-refractivity contribution >= 4 is 25.2 Å². The van der Waals surface area contributed by atoms with E-state index in [4.69, 9.17) is 7.85 Å². The molecule has 2 radical (unpaired) electrons. The Kier molecular flexibility index (Phi) is 2.78. The molecular weight excluding hydrogens is 196 g/mol. The molecule has 72 valence electrons. The highest BCUT2D eigenvalue weighted by atomic mass is 19.4. The van der Waals surface area contributed by atoms with Crippen LogP contribution in [0.1, 0.15) is 0 Å². The van der Waals surface area contributed by atoms with E-state index in [2.05, 4.69) is 4.98 Å². The predicted molar refractivity (Wildman–Crippen MR) is 44.3 cm³/mol. The van der Waals surface area contributed by atoms with Gasteiger partial charge in [0, 0.05) is 0 Å². The minimum atomic E-state index is -4.92. The van der Waals surface area contributed by atoms with Crippen LogP contribution in [0.5, 0.6) is 0 Å². The van der Waals surface area contributed by atoms with Gasteiger partial charge in [0.05, 0.1) is 0 Å². The van der Waals surface area contributed by atoms with Crippen LogP contribution in [0.25, 0.3) is 0 Å². The summed E-state index contributed by atoms with van der Waals surface area (Å²) >= 11 is 0. The first kappa shape index (κ1) is 10.6. The summed E-state index contributed by atoms with van der Waals surface area (Å²) in [5.41, 5.74) is 0.0324. The molecule has 0 unspecified atom stereocenters. The zero-order valence-corrected chi connectivity index (χ0v) is 6.80. The Morgan fingerprint density at radius 3 is 2.57 bits per heavy atom. The topological polar surface area (TPSA) is 42.0 Å². The summed E-state index contributed by atoms with van der Waals surface area (Å²) < 4.78 is 35.3. The molecule has 1 amide bonds. The van der Waals surface area contributed by atoms with Crippen LogP contribution in [0.15, 0.2) is 18.2 Å². The molecule has 14 heavy (non-hydrogen) atoms. The number of halogens is 3. The number of amides is 1. The van der Waals surface area contributed by atoms with Crippen molar-refractivity contribution in [2.75, 3.05) is 5.32 Å². The van der Waals surface area contributed by atoms with Crippen LogP contribution in [-0.2, 0) is 4.79 Å². The highest BCUT2D eigenvalue weighted by molar-refractivity contribution is 6.30. The summed E-state index contributed by atoms with van der Waals surface area (Å²) in [4.78, 5) is 13.9. The SMILES string of the molecule is [B]c1cccc(NC(=O)C(F)(F)F)n1. The number of alkyl halides is 3. The van der Waals surface area contributed by atoms with Crippen LogP contribution in [-0.4, -0.2) is 24.9 Å². The van der Waals surface area contributed by atoms with Gasteiger partial charge in [0.15, 0.2) is 0 Å². The molecule has 1 aromatic heterocycles. The average molecular weight is 200 g/mol. The number of hydrogen-bond acceptors (Lipinski definition) is 2. The molecule has 0 fully saturated rings. The van der Waals surface area contributed by atoms with Crippen molar-refractivity contribution in [3.8, 4) is 0 Å². The Balaban J connectivity index is 2.75. The number of nitrogens with zero attached hydrogens (tertiary/aromatic N) is 1. The lowest BCUT2D eigenvalue weighted by Crippen LogP contribution is -2.30. The third-order valence-corrected chi connectivity index (χ3v) is 1.27. The fraction of sp³-hybridized carbons (Fsp3) is 0.143. The number of rotatable bonds is 1. The van der Waals surface area contributed by atoms with Gasteiger partial charge < -0.3 is 5.32 Å². The average Bonchev–Trinajstić information content (AvgIpc) is 2.02. The number of anilines is 1. The smallest absolute Gasteiger partial charge is 0.303 e. The van der Waals surface area contributed by atoms with E-state index in [-0.39, 0.29) is 11.4 Å². The van der Waals surface area contributed by atoms with Gasteiger partial charge in [-0.3, -0.25) is 4.79 Å². The van der Waals surface area contributed by atoms with E-state index in [0.717, 1.165) is 0 Å². The van der Waals surface area contributed by atoms with Gasteiger partial charge in [0.2, 0.25) is 0 Å².